The summed E-state index contributed by atoms with van der Waals surface area (Å²) >= 11 is 0. The molecule has 0 saturated heterocycles. The fourth-order valence-electron chi connectivity index (χ4n) is 2.69. The van der Waals surface area contributed by atoms with Crippen molar-refractivity contribution in [3.8, 4) is 0 Å². The largest absolute Gasteiger partial charge is 1.00 e. The van der Waals surface area contributed by atoms with Gasteiger partial charge in [-0.1, -0.05) is 0 Å². The molecule has 3 aromatic rings. The smallest absolute Gasteiger partial charge is 0.344 e. The summed E-state index contributed by atoms with van der Waals surface area (Å²) in [5, 5.41) is 11.6. The second kappa shape index (κ2) is 8.75. The first-order chi connectivity index (χ1) is 12.0. The molecule has 136 valence electrons. The number of non-ortho nitro benzene ring substituents is 1. The van der Waals surface area contributed by atoms with Crippen LogP contribution in [0.1, 0.15) is 16.8 Å². The lowest BCUT2D eigenvalue weighted by molar-refractivity contribution is -0.671. The standard InChI is InChI=1S/C18H18N3O4.HI/c1-19-8-2-4-15(13-19)18(22)25-11-3-9-20-10-7-14-12-16(21(23)24)5-6-17(14)20;/h2,4-8,10,12-13H,3,9,11H2,1H3;1H/q+1;/p-1. The SMILES string of the molecule is C[n+]1cccc(C(=O)OCCCn2ccc3cc([N+](=O)[O-])ccc32)c1.[I-]. The average Bonchev–Trinajstić information content (AvgIpc) is 3.00. The van der Waals surface area contributed by atoms with E-state index in [1.165, 1.54) is 6.07 Å². The molecule has 7 nitrogen and oxygen atoms in total. The van der Waals surface area contributed by atoms with E-state index in [2.05, 4.69) is 0 Å². The maximum Gasteiger partial charge on any atom is 0.344 e. The zero-order chi connectivity index (χ0) is 17.8. The van der Waals surface area contributed by atoms with Crippen molar-refractivity contribution < 1.29 is 43.0 Å². The second-order valence-electron chi connectivity index (χ2n) is 5.76. The molecule has 26 heavy (non-hydrogen) atoms. The van der Waals surface area contributed by atoms with Gasteiger partial charge in [0, 0.05) is 41.8 Å². The van der Waals surface area contributed by atoms with Gasteiger partial charge < -0.3 is 33.3 Å². The van der Waals surface area contributed by atoms with E-state index in [1.807, 2.05) is 30.1 Å². The molecule has 8 heteroatoms. The van der Waals surface area contributed by atoms with E-state index in [9.17, 15) is 14.9 Å². The van der Waals surface area contributed by atoms with E-state index in [0.717, 1.165) is 10.9 Å². The van der Waals surface area contributed by atoms with Gasteiger partial charge in [-0.15, -0.1) is 0 Å². The first kappa shape index (κ1) is 19.8. The van der Waals surface area contributed by atoms with Crippen LogP contribution in [0.2, 0.25) is 0 Å². The van der Waals surface area contributed by atoms with Crippen molar-refractivity contribution in [1.82, 2.24) is 4.57 Å². The van der Waals surface area contributed by atoms with Gasteiger partial charge in [-0.25, -0.2) is 9.36 Å². The van der Waals surface area contributed by atoms with E-state index >= 15 is 0 Å². The third-order valence-electron chi connectivity index (χ3n) is 3.92. The van der Waals surface area contributed by atoms with Crippen LogP contribution in [0, 0.1) is 10.1 Å². The Hall–Kier alpha value is -2.49. The normalized spacial score (nSPS) is 10.3. The number of nitro groups is 1. The maximum atomic E-state index is 12.0. The van der Waals surface area contributed by atoms with Gasteiger partial charge in [-0.05, 0) is 24.6 Å². The Morgan fingerprint density at radius 3 is 2.85 bits per heavy atom. The molecule has 0 unspecified atom stereocenters. The topological polar surface area (TPSA) is 78.2 Å². The third kappa shape index (κ3) is 4.57. The molecular formula is C18H18IN3O4. The Bertz CT molecular complexity index is 939. The van der Waals surface area contributed by atoms with Crippen molar-refractivity contribution >= 4 is 22.6 Å². The van der Waals surface area contributed by atoms with E-state index < -0.39 is 4.92 Å². The predicted molar refractivity (Wildman–Crippen MR) is 91.1 cm³/mol. The highest BCUT2D eigenvalue weighted by Crippen LogP contribution is 2.22. The summed E-state index contributed by atoms with van der Waals surface area (Å²) in [4.78, 5) is 22.4. The van der Waals surface area contributed by atoms with Crippen molar-refractivity contribution in [1.29, 1.82) is 0 Å². The molecule has 0 aliphatic carbocycles. The molecular weight excluding hydrogens is 449 g/mol. The van der Waals surface area contributed by atoms with Crippen molar-refractivity contribution in [3.05, 3.63) is 70.7 Å². The highest BCUT2D eigenvalue weighted by atomic mass is 127. The van der Waals surface area contributed by atoms with Gasteiger partial charge in [0.15, 0.2) is 12.4 Å². The number of esters is 1. The van der Waals surface area contributed by atoms with Crippen LogP contribution in [-0.2, 0) is 18.3 Å². The summed E-state index contributed by atoms with van der Waals surface area (Å²) in [5.74, 6) is -0.343. The number of fused-ring (bicyclic) bond motifs is 1. The molecule has 0 N–H and O–H groups in total. The lowest BCUT2D eigenvalue weighted by Crippen LogP contribution is -3.00. The van der Waals surface area contributed by atoms with Crippen LogP contribution >= 0.6 is 0 Å². The number of halogens is 1. The van der Waals surface area contributed by atoms with Gasteiger partial charge in [0.25, 0.3) is 5.69 Å². The number of rotatable bonds is 6. The van der Waals surface area contributed by atoms with Crippen LogP contribution in [0.4, 0.5) is 5.69 Å². The Labute approximate surface area is 167 Å². The molecule has 1 aromatic carbocycles. The summed E-state index contributed by atoms with van der Waals surface area (Å²) in [7, 11) is 1.85. The van der Waals surface area contributed by atoms with Crippen molar-refractivity contribution in [2.75, 3.05) is 6.61 Å². The summed E-state index contributed by atoms with van der Waals surface area (Å²) in [6.45, 7) is 0.973. The molecule has 0 fully saturated rings. The number of benzene rings is 1. The second-order valence-corrected chi connectivity index (χ2v) is 5.76. The highest BCUT2D eigenvalue weighted by molar-refractivity contribution is 5.88. The number of ether oxygens (including phenoxy) is 1. The lowest BCUT2D eigenvalue weighted by atomic mass is 10.2. The van der Waals surface area contributed by atoms with E-state index in [1.54, 1.807) is 35.0 Å². The fourth-order valence-corrected chi connectivity index (χ4v) is 2.69. The number of nitro benzene ring substituents is 1. The van der Waals surface area contributed by atoms with Gasteiger partial charge >= 0.3 is 5.97 Å². The predicted octanol–water partition coefficient (Wildman–Crippen LogP) is -0.375. The van der Waals surface area contributed by atoms with Gasteiger partial charge in [0.1, 0.15) is 12.6 Å². The van der Waals surface area contributed by atoms with Gasteiger partial charge in [-0.2, -0.15) is 0 Å². The lowest BCUT2D eigenvalue weighted by Gasteiger charge is -2.06. The van der Waals surface area contributed by atoms with Crippen LogP contribution in [0.15, 0.2) is 55.0 Å². The maximum absolute atomic E-state index is 12.0. The Morgan fingerprint density at radius 2 is 2.12 bits per heavy atom. The summed E-state index contributed by atoms with van der Waals surface area (Å²) in [6.07, 6.45) is 6.10. The minimum Gasteiger partial charge on any atom is -1.00 e. The number of hydrogen-bond donors (Lipinski definition) is 0. The number of carbonyl (C=O) groups excluding carboxylic acids is 1. The fraction of sp³-hybridized carbons (Fsp3) is 0.222. The number of aromatic nitrogens is 2. The third-order valence-corrected chi connectivity index (χ3v) is 3.92. The molecule has 0 aliphatic rings. The number of aryl methyl sites for hydroxylation is 2. The number of nitrogens with zero attached hydrogens (tertiary/aromatic N) is 3. The van der Waals surface area contributed by atoms with Gasteiger partial charge in [0.2, 0.25) is 0 Å². The van der Waals surface area contributed by atoms with Crippen molar-refractivity contribution in [2.45, 2.75) is 13.0 Å². The quantitative estimate of drug-likeness (QED) is 0.124. The van der Waals surface area contributed by atoms with Crippen molar-refractivity contribution in [2.24, 2.45) is 7.05 Å². The molecule has 2 heterocycles. The molecule has 0 saturated carbocycles. The molecule has 0 amide bonds. The zero-order valence-electron chi connectivity index (χ0n) is 14.2. The molecule has 0 atom stereocenters. The minimum atomic E-state index is -0.403. The minimum absolute atomic E-state index is 0. The summed E-state index contributed by atoms with van der Waals surface area (Å²) in [5.41, 5.74) is 1.52. The van der Waals surface area contributed by atoms with Crippen molar-refractivity contribution in [3.63, 3.8) is 0 Å². The number of pyridine rings is 1. The average molecular weight is 467 g/mol. The zero-order valence-corrected chi connectivity index (χ0v) is 16.3. The summed E-state index contributed by atoms with van der Waals surface area (Å²) < 4.78 is 9.08. The molecule has 3 rings (SSSR count). The van der Waals surface area contributed by atoms with Crippen LogP contribution < -0.4 is 28.5 Å². The Morgan fingerprint density at radius 1 is 1.31 bits per heavy atom. The van der Waals surface area contributed by atoms with Gasteiger partial charge in [-0.3, -0.25) is 10.1 Å². The van der Waals surface area contributed by atoms with Crippen LogP contribution in [0.3, 0.4) is 0 Å². The van der Waals surface area contributed by atoms with Crippen LogP contribution in [0.5, 0.6) is 0 Å². The van der Waals surface area contributed by atoms with E-state index in [4.69, 9.17) is 4.74 Å². The molecule has 0 radical (unpaired) electrons. The van der Waals surface area contributed by atoms with E-state index in [-0.39, 0.29) is 35.6 Å². The van der Waals surface area contributed by atoms with Crippen LogP contribution in [-0.4, -0.2) is 22.1 Å². The molecule has 0 bridgehead atoms. The monoisotopic (exact) mass is 467 g/mol. The first-order valence-electron chi connectivity index (χ1n) is 7.90. The number of carbonyl (C=O) groups is 1. The van der Waals surface area contributed by atoms with E-state index in [0.29, 0.717) is 25.1 Å². The Kier molecular flexibility index (Phi) is 6.67. The number of hydrogen-bond acceptors (Lipinski definition) is 4. The van der Waals surface area contributed by atoms with Crippen LogP contribution in [0.25, 0.3) is 10.9 Å². The first-order valence-corrected chi connectivity index (χ1v) is 7.90. The molecule has 0 spiro atoms. The molecule has 0 aliphatic heterocycles. The summed E-state index contributed by atoms with van der Waals surface area (Å²) in [6, 6.07) is 10.1. The highest BCUT2D eigenvalue weighted by Gasteiger charge is 2.11. The Balaban J connectivity index is 0.00000243. The van der Waals surface area contributed by atoms with Gasteiger partial charge in [0.05, 0.1) is 11.5 Å². The molecule has 2 aromatic heterocycles.